The van der Waals surface area contributed by atoms with E-state index in [4.69, 9.17) is 0 Å². The molecule has 0 amide bonds. The maximum atomic E-state index is 4.60. The first-order valence-electron chi connectivity index (χ1n) is 7.76. The summed E-state index contributed by atoms with van der Waals surface area (Å²) < 4.78 is 0. The minimum absolute atomic E-state index is 0.499. The highest BCUT2D eigenvalue weighted by atomic mass is 15.2. The summed E-state index contributed by atoms with van der Waals surface area (Å²) in [5, 5.41) is 6.69. The largest absolute Gasteiger partial charge is 0.351 e. The molecule has 1 aromatic carbocycles. The third kappa shape index (κ3) is 3.45. The molecule has 2 aromatic heterocycles. The molecule has 1 aliphatic rings. The van der Waals surface area contributed by atoms with Crippen molar-refractivity contribution in [1.82, 2.24) is 15.0 Å². The van der Waals surface area contributed by atoms with E-state index in [-0.39, 0.29) is 0 Å². The predicted octanol–water partition coefficient (Wildman–Crippen LogP) is 3.86. The molecule has 5 nitrogen and oxygen atoms in total. The molecule has 2 N–H and O–H groups in total. The predicted molar refractivity (Wildman–Crippen MR) is 91.6 cm³/mol. The van der Waals surface area contributed by atoms with E-state index < -0.39 is 0 Å². The number of hydrogen-bond acceptors (Lipinski definition) is 5. The Morgan fingerprint density at radius 1 is 0.870 bits per heavy atom. The van der Waals surface area contributed by atoms with Gasteiger partial charge in [-0.25, -0.2) is 4.98 Å². The lowest BCUT2D eigenvalue weighted by Crippen LogP contribution is -2.08. The maximum absolute atomic E-state index is 4.60. The van der Waals surface area contributed by atoms with Gasteiger partial charge in [-0.05, 0) is 37.1 Å². The van der Waals surface area contributed by atoms with E-state index in [1.807, 2.05) is 54.6 Å². The number of rotatable bonds is 5. The van der Waals surface area contributed by atoms with Crippen LogP contribution in [0, 0.1) is 0 Å². The van der Waals surface area contributed by atoms with Crippen LogP contribution in [-0.2, 0) is 0 Å². The first kappa shape index (κ1) is 13.7. The fraction of sp³-hybridized carbons (Fsp3) is 0.167. The first-order valence-corrected chi connectivity index (χ1v) is 7.76. The van der Waals surface area contributed by atoms with Gasteiger partial charge in [0.25, 0.3) is 0 Å². The molecule has 0 saturated heterocycles. The molecule has 0 bridgehead atoms. The third-order valence-electron chi connectivity index (χ3n) is 3.61. The number of pyridine rings is 1. The minimum atomic E-state index is 0.499. The Balaban J connectivity index is 1.69. The zero-order valence-electron chi connectivity index (χ0n) is 12.6. The van der Waals surface area contributed by atoms with Crippen molar-refractivity contribution in [2.75, 3.05) is 10.6 Å². The minimum Gasteiger partial charge on any atom is -0.351 e. The molecule has 5 heteroatoms. The summed E-state index contributed by atoms with van der Waals surface area (Å²) in [7, 11) is 0. The summed E-state index contributed by atoms with van der Waals surface area (Å²) in [4.78, 5) is 13.6. The number of anilines is 3. The van der Waals surface area contributed by atoms with Gasteiger partial charge in [-0.15, -0.1) is 0 Å². The molecule has 0 unspecified atom stereocenters. The van der Waals surface area contributed by atoms with Gasteiger partial charge in [0.2, 0.25) is 5.95 Å². The summed E-state index contributed by atoms with van der Waals surface area (Å²) in [5.41, 5.74) is 2.64. The van der Waals surface area contributed by atoms with Crippen LogP contribution in [0.5, 0.6) is 0 Å². The summed E-state index contributed by atoms with van der Waals surface area (Å²) in [5.74, 6) is 1.41. The van der Waals surface area contributed by atoms with E-state index in [2.05, 4.69) is 25.6 Å². The third-order valence-corrected chi connectivity index (χ3v) is 3.61. The Morgan fingerprint density at radius 2 is 1.70 bits per heavy atom. The molecule has 1 aliphatic carbocycles. The topological polar surface area (TPSA) is 62.7 Å². The Kier molecular flexibility index (Phi) is 3.60. The summed E-state index contributed by atoms with van der Waals surface area (Å²) in [6, 6.07) is 18.2. The molecule has 2 heterocycles. The number of nitrogens with zero attached hydrogens (tertiary/aromatic N) is 3. The van der Waals surface area contributed by atoms with Gasteiger partial charge in [-0.3, -0.25) is 4.98 Å². The quantitative estimate of drug-likeness (QED) is 0.749. The van der Waals surface area contributed by atoms with Gasteiger partial charge in [0.1, 0.15) is 5.82 Å². The number of nitrogens with one attached hydrogen (secondary N) is 2. The molecule has 114 valence electrons. The molecule has 0 spiro atoms. The lowest BCUT2D eigenvalue weighted by atomic mass is 10.2. The van der Waals surface area contributed by atoms with Crippen molar-refractivity contribution in [3.8, 4) is 11.4 Å². The van der Waals surface area contributed by atoms with Crippen LogP contribution in [0.25, 0.3) is 11.4 Å². The van der Waals surface area contributed by atoms with Crippen molar-refractivity contribution in [3.05, 3.63) is 60.8 Å². The second kappa shape index (κ2) is 6.04. The lowest BCUT2D eigenvalue weighted by Gasteiger charge is -2.10. The highest BCUT2D eigenvalue weighted by Gasteiger charge is 2.22. The Hall–Kier alpha value is -2.95. The molecule has 4 rings (SSSR count). The van der Waals surface area contributed by atoms with Crippen molar-refractivity contribution in [3.63, 3.8) is 0 Å². The number of benzene rings is 1. The van der Waals surface area contributed by atoms with E-state index in [1.165, 1.54) is 12.8 Å². The van der Waals surface area contributed by atoms with Crippen LogP contribution < -0.4 is 10.6 Å². The van der Waals surface area contributed by atoms with Crippen molar-refractivity contribution in [2.45, 2.75) is 18.9 Å². The average Bonchev–Trinajstić information content (AvgIpc) is 3.40. The highest BCUT2D eigenvalue weighted by molar-refractivity contribution is 5.65. The van der Waals surface area contributed by atoms with Gasteiger partial charge < -0.3 is 10.6 Å². The molecule has 1 fully saturated rings. The lowest BCUT2D eigenvalue weighted by molar-refractivity contribution is 1.05. The fourth-order valence-corrected chi connectivity index (χ4v) is 2.30. The molecule has 1 saturated carbocycles. The maximum Gasteiger partial charge on any atom is 0.225 e. The Morgan fingerprint density at radius 3 is 2.43 bits per heavy atom. The number of aromatic nitrogens is 3. The van der Waals surface area contributed by atoms with Gasteiger partial charge in [-0.2, -0.15) is 4.98 Å². The van der Waals surface area contributed by atoms with Gasteiger partial charge >= 0.3 is 0 Å². The van der Waals surface area contributed by atoms with Gasteiger partial charge in [-0.1, -0.05) is 24.3 Å². The Labute approximate surface area is 134 Å². The van der Waals surface area contributed by atoms with Crippen molar-refractivity contribution >= 4 is 17.5 Å². The molecule has 23 heavy (non-hydrogen) atoms. The van der Waals surface area contributed by atoms with E-state index in [1.54, 1.807) is 6.20 Å². The van der Waals surface area contributed by atoms with Gasteiger partial charge in [0.15, 0.2) is 0 Å². The van der Waals surface area contributed by atoms with E-state index in [9.17, 15) is 0 Å². The smallest absolute Gasteiger partial charge is 0.225 e. The fourth-order valence-electron chi connectivity index (χ4n) is 2.30. The monoisotopic (exact) mass is 303 g/mol. The van der Waals surface area contributed by atoms with Crippen molar-refractivity contribution in [2.24, 2.45) is 0 Å². The SMILES string of the molecule is c1ccc(Nc2cc(-c3ccccn3)nc(NC3CC3)n2)cc1. The van der Waals surface area contributed by atoms with Crippen LogP contribution in [0.4, 0.5) is 17.5 Å². The zero-order chi connectivity index (χ0) is 15.5. The summed E-state index contributed by atoms with van der Waals surface area (Å²) >= 11 is 0. The molecule has 3 aromatic rings. The van der Waals surface area contributed by atoms with Crippen LogP contribution in [0.15, 0.2) is 60.8 Å². The zero-order valence-corrected chi connectivity index (χ0v) is 12.6. The van der Waals surface area contributed by atoms with Gasteiger partial charge in [0.05, 0.1) is 11.4 Å². The van der Waals surface area contributed by atoms with Crippen LogP contribution in [0.3, 0.4) is 0 Å². The highest BCUT2D eigenvalue weighted by Crippen LogP contribution is 2.26. The van der Waals surface area contributed by atoms with Crippen LogP contribution in [-0.4, -0.2) is 21.0 Å². The molecule has 0 aliphatic heterocycles. The Bertz CT molecular complexity index is 785. The second-order valence-corrected chi connectivity index (χ2v) is 5.59. The van der Waals surface area contributed by atoms with E-state index in [0.29, 0.717) is 12.0 Å². The number of para-hydroxylation sites is 1. The summed E-state index contributed by atoms with van der Waals surface area (Å²) in [6.45, 7) is 0. The summed E-state index contributed by atoms with van der Waals surface area (Å²) in [6.07, 6.45) is 4.13. The second-order valence-electron chi connectivity index (χ2n) is 5.59. The standard InChI is InChI=1S/C18H17N5/c1-2-6-13(7-3-1)20-17-12-16(15-8-4-5-11-19-15)22-18(23-17)21-14-9-10-14/h1-8,11-12,14H,9-10H2,(H2,20,21,22,23). The first-order chi connectivity index (χ1) is 11.4. The van der Waals surface area contributed by atoms with Crippen LogP contribution in [0.2, 0.25) is 0 Å². The molecular formula is C18H17N5. The van der Waals surface area contributed by atoms with Crippen LogP contribution >= 0.6 is 0 Å². The molecule has 0 radical (unpaired) electrons. The van der Waals surface area contributed by atoms with Crippen molar-refractivity contribution in [1.29, 1.82) is 0 Å². The molecule has 0 atom stereocenters. The number of hydrogen-bond donors (Lipinski definition) is 2. The van der Waals surface area contributed by atoms with Gasteiger partial charge in [0, 0.05) is 24.0 Å². The van der Waals surface area contributed by atoms with Crippen LogP contribution in [0.1, 0.15) is 12.8 Å². The van der Waals surface area contributed by atoms with Crippen molar-refractivity contribution < 1.29 is 0 Å². The van der Waals surface area contributed by atoms with E-state index >= 15 is 0 Å². The van der Waals surface area contributed by atoms with E-state index in [0.717, 1.165) is 22.9 Å². The average molecular weight is 303 g/mol. The molecular weight excluding hydrogens is 286 g/mol. The normalized spacial score (nSPS) is 13.6.